The van der Waals surface area contributed by atoms with Crippen LogP contribution in [0, 0.1) is 0 Å². The van der Waals surface area contributed by atoms with Crippen LogP contribution in [-0.2, 0) is 6.54 Å². The minimum atomic E-state index is 0.250. The van der Waals surface area contributed by atoms with Crippen molar-refractivity contribution in [2.75, 3.05) is 5.32 Å². The summed E-state index contributed by atoms with van der Waals surface area (Å²) < 4.78 is 1.01. The molecule has 0 unspecified atom stereocenters. The maximum absolute atomic E-state index is 9.34. The van der Waals surface area contributed by atoms with Crippen LogP contribution in [0.5, 0.6) is 5.75 Å². The van der Waals surface area contributed by atoms with Crippen molar-refractivity contribution in [2.45, 2.75) is 6.54 Å². The molecular formula is C13H11BrClNO. The van der Waals surface area contributed by atoms with Crippen molar-refractivity contribution in [1.82, 2.24) is 0 Å². The number of phenolic OH excluding ortho intramolecular Hbond substituents is 1. The molecule has 2 rings (SSSR count). The number of anilines is 1. The lowest BCUT2D eigenvalue weighted by atomic mass is 10.2. The van der Waals surface area contributed by atoms with E-state index in [9.17, 15) is 5.11 Å². The van der Waals surface area contributed by atoms with Crippen LogP contribution in [0.3, 0.4) is 0 Å². The molecule has 0 amide bonds. The summed E-state index contributed by atoms with van der Waals surface area (Å²) in [5.41, 5.74) is 1.94. The summed E-state index contributed by atoms with van der Waals surface area (Å²) in [4.78, 5) is 0. The first kappa shape index (κ1) is 12.3. The third-order valence-corrected chi connectivity index (χ3v) is 3.35. The van der Waals surface area contributed by atoms with Crippen LogP contribution in [-0.4, -0.2) is 5.11 Å². The number of hydrogen-bond acceptors (Lipinski definition) is 2. The van der Waals surface area contributed by atoms with E-state index in [1.165, 1.54) is 0 Å². The van der Waals surface area contributed by atoms with E-state index in [0.717, 1.165) is 15.7 Å². The fourth-order valence-corrected chi connectivity index (χ4v) is 2.07. The van der Waals surface area contributed by atoms with Crippen molar-refractivity contribution >= 4 is 33.2 Å². The first-order valence-corrected chi connectivity index (χ1v) is 6.29. The molecule has 0 bridgehead atoms. The van der Waals surface area contributed by atoms with Gasteiger partial charge in [0.15, 0.2) is 0 Å². The molecular weight excluding hydrogens is 302 g/mol. The zero-order chi connectivity index (χ0) is 12.3. The van der Waals surface area contributed by atoms with E-state index in [0.29, 0.717) is 11.6 Å². The molecule has 0 heterocycles. The van der Waals surface area contributed by atoms with E-state index >= 15 is 0 Å². The summed E-state index contributed by atoms with van der Waals surface area (Å²) in [7, 11) is 0. The summed E-state index contributed by atoms with van der Waals surface area (Å²) in [6, 6.07) is 12.7. The molecule has 0 aliphatic heterocycles. The van der Waals surface area contributed by atoms with E-state index in [-0.39, 0.29) is 5.75 Å². The van der Waals surface area contributed by atoms with E-state index in [2.05, 4.69) is 21.2 Å². The SMILES string of the molecule is Oc1cccc(NCc2cc(Cl)ccc2Br)c1. The van der Waals surface area contributed by atoms with Gasteiger partial charge in [-0.25, -0.2) is 0 Å². The molecule has 4 heteroatoms. The van der Waals surface area contributed by atoms with Gasteiger partial charge in [-0.15, -0.1) is 0 Å². The molecule has 2 aromatic rings. The Hall–Kier alpha value is -1.19. The van der Waals surface area contributed by atoms with Gasteiger partial charge >= 0.3 is 0 Å². The van der Waals surface area contributed by atoms with E-state index in [4.69, 9.17) is 11.6 Å². The predicted molar refractivity (Wildman–Crippen MR) is 74.6 cm³/mol. The van der Waals surface area contributed by atoms with Crippen LogP contribution in [0.1, 0.15) is 5.56 Å². The molecule has 0 atom stereocenters. The van der Waals surface area contributed by atoms with E-state index in [1.54, 1.807) is 18.2 Å². The fraction of sp³-hybridized carbons (Fsp3) is 0.0769. The first-order chi connectivity index (χ1) is 8.15. The van der Waals surface area contributed by atoms with E-state index < -0.39 is 0 Å². The van der Waals surface area contributed by atoms with Gasteiger partial charge < -0.3 is 10.4 Å². The molecule has 0 aliphatic carbocycles. The predicted octanol–water partition coefficient (Wildman–Crippen LogP) is 4.42. The average molecular weight is 313 g/mol. The molecule has 0 fully saturated rings. The van der Waals surface area contributed by atoms with Crippen LogP contribution < -0.4 is 5.32 Å². The van der Waals surface area contributed by atoms with Gasteiger partial charge in [-0.05, 0) is 35.9 Å². The van der Waals surface area contributed by atoms with Gasteiger partial charge in [0.1, 0.15) is 5.75 Å². The summed E-state index contributed by atoms with van der Waals surface area (Å²) in [5, 5.41) is 13.3. The van der Waals surface area contributed by atoms with Gasteiger partial charge in [-0.3, -0.25) is 0 Å². The van der Waals surface area contributed by atoms with Crippen molar-refractivity contribution < 1.29 is 5.11 Å². The normalized spacial score (nSPS) is 10.2. The number of aromatic hydroxyl groups is 1. The lowest BCUT2D eigenvalue weighted by Gasteiger charge is -2.09. The van der Waals surface area contributed by atoms with Gasteiger partial charge in [0.2, 0.25) is 0 Å². The highest BCUT2D eigenvalue weighted by Gasteiger charge is 2.01. The van der Waals surface area contributed by atoms with Crippen LogP contribution in [0.25, 0.3) is 0 Å². The minimum absolute atomic E-state index is 0.250. The number of phenols is 1. The minimum Gasteiger partial charge on any atom is -0.508 e. The Labute approximate surface area is 113 Å². The molecule has 17 heavy (non-hydrogen) atoms. The van der Waals surface area contributed by atoms with Gasteiger partial charge in [-0.2, -0.15) is 0 Å². The van der Waals surface area contributed by atoms with Crippen molar-refractivity contribution in [3.63, 3.8) is 0 Å². The Morgan fingerprint density at radius 2 is 2.00 bits per heavy atom. The maximum Gasteiger partial charge on any atom is 0.117 e. The molecule has 0 spiro atoms. The smallest absolute Gasteiger partial charge is 0.117 e. The summed E-state index contributed by atoms with van der Waals surface area (Å²) in [6.45, 7) is 0.643. The average Bonchev–Trinajstić information content (AvgIpc) is 2.30. The van der Waals surface area contributed by atoms with Gasteiger partial charge in [0.05, 0.1) is 0 Å². The largest absolute Gasteiger partial charge is 0.508 e. The zero-order valence-corrected chi connectivity index (χ0v) is 11.3. The van der Waals surface area contributed by atoms with Gasteiger partial charge in [0.25, 0.3) is 0 Å². The van der Waals surface area contributed by atoms with Gasteiger partial charge in [0, 0.05) is 27.8 Å². The number of rotatable bonds is 3. The molecule has 0 saturated heterocycles. The van der Waals surface area contributed by atoms with Gasteiger partial charge in [-0.1, -0.05) is 33.6 Å². The molecule has 2 nitrogen and oxygen atoms in total. The second-order valence-electron chi connectivity index (χ2n) is 3.64. The zero-order valence-electron chi connectivity index (χ0n) is 8.95. The molecule has 88 valence electrons. The third kappa shape index (κ3) is 3.38. The molecule has 0 aliphatic rings. The highest BCUT2D eigenvalue weighted by molar-refractivity contribution is 9.10. The van der Waals surface area contributed by atoms with Crippen molar-refractivity contribution in [1.29, 1.82) is 0 Å². The van der Waals surface area contributed by atoms with Crippen LogP contribution in [0.4, 0.5) is 5.69 Å². The second kappa shape index (κ2) is 5.43. The lowest BCUT2D eigenvalue weighted by Crippen LogP contribution is -1.99. The van der Waals surface area contributed by atoms with Crippen molar-refractivity contribution in [3.8, 4) is 5.75 Å². The van der Waals surface area contributed by atoms with E-state index in [1.807, 2.05) is 24.3 Å². The summed E-state index contributed by atoms with van der Waals surface area (Å²) in [5.74, 6) is 0.250. The topological polar surface area (TPSA) is 32.3 Å². The quantitative estimate of drug-likeness (QED) is 0.879. The Morgan fingerprint density at radius 1 is 1.18 bits per heavy atom. The van der Waals surface area contributed by atoms with Crippen LogP contribution in [0.2, 0.25) is 5.02 Å². The van der Waals surface area contributed by atoms with Crippen molar-refractivity contribution in [2.24, 2.45) is 0 Å². The number of halogens is 2. The highest BCUT2D eigenvalue weighted by Crippen LogP contribution is 2.23. The Kier molecular flexibility index (Phi) is 3.92. The Balaban J connectivity index is 2.09. The first-order valence-electron chi connectivity index (χ1n) is 5.12. The highest BCUT2D eigenvalue weighted by atomic mass is 79.9. The van der Waals surface area contributed by atoms with Crippen LogP contribution in [0.15, 0.2) is 46.9 Å². The summed E-state index contributed by atoms with van der Waals surface area (Å²) in [6.07, 6.45) is 0. The summed E-state index contributed by atoms with van der Waals surface area (Å²) >= 11 is 9.41. The molecule has 2 aromatic carbocycles. The molecule has 0 aromatic heterocycles. The molecule has 0 saturated carbocycles. The number of hydrogen-bond donors (Lipinski definition) is 2. The maximum atomic E-state index is 9.34. The molecule has 2 N–H and O–H groups in total. The fourth-order valence-electron chi connectivity index (χ4n) is 1.49. The second-order valence-corrected chi connectivity index (χ2v) is 4.93. The Morgan fingerprint density at radius 3 is 2.76 bits per heavy atom. The third-order valence-electron chi connectivity index (χ3n) is 2.34. The number of nitrogens with one attached hydrogen (secondary N) is 1. The Bertz CT molecular complexity index is 531. The lowest BCUT2D eigenvalue weighted by molar-refractivity contribution is 0.475. The van der Waals surface area contributed by atoms with Crippen LogP contribution >= 0.6 is 27.5 Å². The molecule has 0 radical (unpaired) electrons. The number of benzene rings is 2. The monoisotopic (exact) mass is 311 g/mol. The van der Waals surface area contributed by atoms with Crippen molar-refractivity contribution in [3.05, 3.63) is 57.5 Å². The standard InChI is InChI=1S/C13H11BrClNO/c14-13-5-4-10(15)6-9(13)8-16-11-2-1-3-12(17)7-11/h1-7,16-17H,8H2.